The molecule has 2 aromatic carbocycles. The SMILES string of the molecule is O=C(O)C1CCCN(CCN/N=C/c2ccccc2-c2cccc(F)c2F)C1. The predicted octanol–water partition coefficient (Wildman–Crippen LogP) is 3.35. The third kappa shape index (κ3) is 4.92. The number of aliphatic carboxylic acids is 1. The molecule has 0 bridgehead atoms. The molecule has 1 aliphatic heterocycles. The lowest BCUT2D eigenvalue weighted by molar-refractivity contribution is -0.143. The van der Waals surface area contributed by atoms with E-state index < -0.39 is 17.6 Å². The average Bonchev–Trinajstić information content (AvgIpc) is 2.70. The molecule has 3 rings (SSSR count). The fourth-order valence-electron chi connectivity index (χ4n) is 3.41. The van der Waals surface area contributed by atoms with Gasteiger partial charge in [-0.05, 0) is 31.0 Å². The number of halogens is 2. The van der Waals surface area contributed by atoms with Gasteiger partial charge in [-0.1, -0.05) is 36.4 Å². The number of carboxylic acids is 1. The first-order valence-electron chi connectivity index (χ1n) is 9.30. The summed E-state index contributed by atoms with van der Waals surface area (Å²) in [5, 5.41) is 13.3. The smallest absolute Gasteiger partial charge is 0.307 e. The number of nitrogens with zero attached hydrogens (tertiary/aromatic N) is 2. The standard InChI is InChI=1S/C21H23F2N3O2/c22-19-9-3-8-18(20(19)23)17-7-2-1-5-15(17)13-25-24-10-12-26-11-4-6-16(14-26)21(27)28/h1-3,5,7-9,13,16,24H,4,6,10-12,14H2,(H,27,28)/b25-13+. The molecule has 0 radical (unpaired) electrons. The second-order valence-electron chi connectivity index (χ2n) is 6.83. The maximum atomic E-state index is 14.1. The minimum Gasteiger partial charge on any atom is -0.481 e. The zero-order valence-electron chi connectivity index (χ0n) is 15.4. The molecule has 1 atom stereocenters. The molecular formula is C21H23F2N3O2. The van der Waals surface area contributed by atoms with Gasteiger partial charge in [0.1, 0.15) is 0 Å². The maximum Gasteiger partial charge on any atom is 0.307 e. The highest BCUT2D eigenvalue weighted by Crippen LogP contribution is 2.26. The number of hydrogen-bond donors (Lipinski definition) is 2. The average molecular weight is 387 g/mol. The third-order valence-electron chi connectivity index (χ3n) is 4.89. The van der Waals surface area contributed by atoms with Gasteiger partial charge in [-0.15, -0.1) is 0 Å². The number of rotatable bonds is 7. The Labute approximate surface area is 162 Å². The summed E-state index contributed by atoms with van der Waals surface area (Å²) in [6.45, 7) is 2.71. The van der Waals surface area contributed by atoms with Crippen molar-refractivity contribution in [1.29, 1.82) is 0 Å². The Morgan fingerprint density at radius 1 is 1.21 bits per heavy atom. The van der Waals surface area contributed by atoms with Crippen molar-refractivity contribution in [2.45, 2.75) is 12.8 Å². The molecule has 1 unspecified atom stereocenters. The number of likely N-dealkylation sites (tertiary alicyclic amines) is 1. The van der Waals surface area contributed by atoms with Crippen LogP contribution >= 0.6 is 0 Å². The number of nitrogens with one attached hydrogen (secondary N) is 1. The molecular weight excluding hydrogens is 364 g/mol. The van der Waals surface area contributed by atoms with Crippen molar-refractivity contribution in [1.82, 2.24) is 10.3 Å². The lowest BCUT2D eigenvalue weighted by atomic mass is 9.98. The number of piperidine rings is 1. The fraction of sp³-hybridized carbons (Fsp3) is 0.333. The molecule has 5 nitrogen and oxygen atoms in total. The minimum absolute atomic E-state index is 0.190. The highest BCUT2D eigenvalue weighted by molar-refractivity contribution is 5.90. The molecule has 148 valence electrons. The maximum absolute atomic E-state index is 14.1. The summed E-state index contributed by atoms with van der Waals surface area (Å²) in [5.41, 5.74) is 4.36. The van der Waals surface area contributed by atoms with Crippen LogP contribution < -0.4 is 5.43 Å². The van der Waals surface area contributed by atoms with Gasteiger partial charge in [0.15, 0.2) is 11.6 Å². The third-order valence-corrected chi connectivity index (χ3v) is 4.89. The summed E-state index contributed by atoms with van der Waals surface area (Å²) in [6, 6.07) is 11.2. The Hall–Kier alpha value is -2.80. The summed E-state index contributed by atoms with van der Waals surface area (Å²) in [4.78, 5) is 13.2. The number of benzene rings is 2. The highest BCUT2D eigenvalue weighted by atomic mass is 19.2. The van der Waals surface area contributed by atoms with Crippen LogP contribution in [0.25, 0.3) is 11.1 Å². The van der Waals surface area contributed by atoms with Gasteiger partial charge in [-0.3, -0.25) is 4.79 Å². The van der Waals surface area contributed by atoms with Crippen LogP contribution in [0.4, 0.5) is 8.78 Å². The lowest BCUT2D eigenvalue weighted by Gasteiger charge is -2.30. The molecule has 0 amide bonds. The van der Waals surface area contributed by atoms with Gasteiger partial charge in [0.05, 0.1) is 12.1 Å². The Bertz CT molecular complexity index is 857. The van der Waals surface area contributed by atoms with Crippen molar-refractivity contribution < 1.29 is 18.7 Å². The Kier molecular flexibility index (Phi) is 6.71. The van der Waals surface area contributed by atoms with Crippen molar-refractivity contribution in [2.24, 2.45) is 11.0 Å². The van der Waals surface area contributed by atoms with Gasteiger partial charge < -0.3 is 15.4 Å². The van der Waals surface area contributed by atoms with E-state index in [2.05, 4.69) is 15.4 Å². The first-order valence-corrected chi connectivity index (χ1v) is 9.30. The first kappa shape index (κ1) is 19.9. The van der Waals surface area contributed by atoms with E-state index in [0.29, 0.717) is 30.8 Å². The number of carbonyl (C=O) groups is 1. The predicted molar refractivity (Wildman–Crippen MR) is 104 cm³/mol. The molecule has 0 aromatic heterocycles. The van der Waals surface area contributed by atoms with Crippen LogP contribution in [0.1, 0.15) is 18.4 Å². The molecule has 2 N–H and O–H groups in total. The van der Waals surface area contributed by atoms with Gasteiger partial charge in [-0.25, -0.2) is 8.78 Å². The summed E-state index contributed by atoms with van der Waals surface area (Å²) >= 11 is 0. The quantitative estimate of drug-likeness (QED) is 0.434. The van der Waals surface area contributed by atoms with Crippen LogP contribution in [-0.4, -0.2) is 48.4 Å². The molecule has 7 heteroatoms. The van der Waals surface area contributed by atoms with Crippen molar-refractivity contribution in [3.8, 4) is 11.1 Å². The number of hydrazone groups is 1. The van der Waals surface area contributed by atoms with E-state index in [0.717, 1.165) is 25.5 Å². The summed E-state index contributed by atoms with van der Waals surface area (Å²) in [5.74, 6) is -2.81. The number of hydrogen-bond acceptors (Lipinski definition) is 4. The second kappa shape index (κ2) is 9.41. The zero-order chi connectivity index (χ0) is 19.9. The van der Waals surface area contributed by atoms with E-state index in [1.54, 1.807) is 24.4 Å². The second-order valence-corrected chi connectivity index (χ2v) is 6.83. The fourth-order valence-corrected chi connectivity index (χ4v) is 3.41. The molecule has 0 saturated carbocycles. The van der Waals surface area contributed by atoms with E-state index in [9.17, 15) is 13.6 Å². The van der Waals surface area contributed by atoms with Crippen LogP contribution in [0.2, 0.25) is 0 Å². The van der Waals surface area contributed by atoms with Crippen molar-refractivity contribution in [3.05, 3.63) is 59.7 Å². The zero-order valence-corrected chi connectivity index (χ0v) is 15.4. The van der Waals surface area contributed by atoms with Gasteiger partial charge in [0, 0.05) is 30.8 Å². The van der Waals surface area contributed by atoms with Crippen LogP contribution in [-0.2, 0) is 4.79 Å². The monoisotopic (exact) mass is 387 g/mol. The van der Waals surface area contributed by atoms with Crippen LogP contribution in [0.5, 0.6) is 0 Å². The topological polar surface area (TPSA) is 64.9 Å². The summed E-state index contributed by atoms with van der Waals surface area (Å²) in [6.07, 6.45) is 3.19. The van der Waals surface area contributed by atoms with E-state index in [-0.39, 0.29) is 11.5 Å². The van der Waals surface area contributed by atoms with Gasteiger partial charge in [0.25, 0.3) is 0 Å². The van der Waals surface area contributed by atoms with Crippen molar-refractivity contribution >= 4 is 12.2 Å². The minimum atomic E-state index is -0.886. The Balaban J connectivity index is 1.58. The van der Waals surface area contributed by atoms with Crippen LogP contribution in [0, 0.1) is 17.6 Å². The molecule has 0 aliphatic carbocycles. The van der Waals surface area contributed by atoms with Crippen LogP contribution in [0.3, 0.4) is 0 Å². The van der Waals surface area contributed by atoms with Crippen molar-refractivity contribution in [2.75, 3.05) is 26.2 Å². The molecule has 1 fully saturated rings. The summed E-state index contributed by atoms with van der Waals surface area (Å²) < 4.78 is 27.7. The highest BCUT2D eigenvalue weighted by Gasteiger charge is 2.24. The first-order chi connectivity index (χ1) is 13.6. The van der Waals surface area contributed by atoms with Gasteiger partial charge in [0.2, 0.25) is 0 Å². The van der Waals surface area contributed by atoms with Gasteiger partial charge >= 0.3 is 5.97 Å². The Morgan fingerprint density at radius 3 is 2.82 bits per heavy atom. The van der Waals surface area contributed by atoms with E-state index in [1.165, 1.54) is 12.1 Å². The molecule has 2 aromatic rings. The van der Waals surface area contributed by atoms with Crippen LogP contribution in [0.15, 0.2) is 47.6 Å². The normalized spacial score (nSPS) is 17.7. The molecule has 28 heavy (non-hydrogen) atoms. The lowest BCUT2D eigenvalue weighted by Crippen LogP contribution is -2.41. The largest absolute Gasteiger partial charge is 0.481 e. The molecule has 0 spiro atoms. The number of carboxylic acid groups (broad SMARTS) is 1. The van der Waals surface area contributed by atoms with E-state index >= 15 is 0 Å². The summed E-state index contributed by atoms with van der Waals surface area (Å²) in [7, 11) is 0. The molecule has 1 heterocycles. The van der Waals surface area contributed by atoms with Gasteiger partial charge in [-0.2, -0.15) is 5.10 Å². The van der Waals surface area contributed by atoms with E-state index in [1.807, 2.05) is 6.07 Å². The molecule has 1 aliphatic rings. The Morgan fingerprint density at radius 2 is 2.00 bits per heavy atom. The van der Waals surface area contributed by atoms with E-state index in [4.69, 9.17) is 5.11 Å². The van der Waals surface area contributed by atoms with Crippen molar-refractivity contribution in [3.63, 3.8) is 0 Å². The molecule has 1 saturated heterocycles.